The van der Waals surface area contributed by atoms with Crippen molar-refractivity contribution in [2.24, 2.45) is 11.7 Å². The average molecular weight is 227 g/mol. The molecule has 0 spiro atoms. The number of carbonyl (C=O) groups is 1. The van der Waals surface area contributed by atoms with Gasteiger partial charge in [-0.2, -0.15) is 0 Å². The first-order valence-electron chi connectivity index (χ1n) is 6.10. The number of likely N-dealkylation sites (N-methyl/N-ethyl adjacent to an activating group) is 1. The molecule has 4 nitrogen and oxygen atoms in total. The lowest BCUT2D eigenvalue weighted by molar-refractivity contribution is -0.126. The molecule has 0 aromatic rings. The molecule has 4 heteroatoms. The molecule has 0 heterocycles. The van der Waals surface area contributed by atoms with Gasteiger partial charge in [-0.3, -0.25) is 4.79 Å². The Hall–Kier alpha value is -0.610. The zero-order valence-electron chi connectivity index (χ0n) is 10.9. The molecule has 1 aliphatic rings. The van der Waals surface area contributed by atoms with Crippen LogP contribution < -0.4 is 11.1 Å². The SMILES string of the molecule is CC(N)C(C)C(=O)NCC1(N(C)C)CCC1. The van der Waals surface area contributed by atoms with Crippen LogP contribution in [-0.4, -0.2) is 43.0 Å². The molecule has 0 aliphatic heterocycles. The number of nitrogens with one attached hydrogen (secondary N) is 1. The number of hydrogen-bond acceptors (Lipinski definition) is 3. The van der Waals surface area contributed by atoms with Crippen LogP contribution in [0.2, 0.25) is 0 Å². The minimum absolute atomic E-state index is 0.0723. The van der Waals surface area contributed by atoms with Crippen molar-refractivity contribution in [2.75, 3.05) is 20.6 Å². The highest BCUT2D eigenvalue weighted by Gasteiger charge is 2.39. The van der Waals surface area contributed by atoms with Crippen LogP contribution in [0, 0.1) is 5.92 Å². The molecule has 1 amide bonds. The Kier molecular flexibility index (Phi) is 4.33. The molecule has 94 valence electrons. The van der Waals surface area contributed by atoms with Crippen molar-refractivity contribution in [2.45, 2.75) is 44.7 Å². The lowest BCUT2D eigenvalue weighted by atomic mass is 9.75. The standard InChI is InChI=1S/C12H25N3O/c1-9(10(2)13)11(16)14-8-12(15(3)4)6-5-7-12/h9-10H,5-8,13H2,1-4H3,(H,14,16). The van der Waals surface area contributed by atoms with Gasteiger partial charge in [-0.05, 0) is 40.3 Å². The third kappa shape index (κ3) is 2.74. The molecule has 1 saturated carbocycles. The molecule has 1 rings (SSSR count). The van der Waals surface area contributed by atoms with Gasteiger partial charge in [0.15, 0.2) is 0 Å². The third-order valence-electron chi connectivity index (χ3n) is 4.03. The van der Waals surface area contributed by atoms with Crippen molar-refractivity contribution in [3.05, 3.63) is 0 Å². The molecular formula is C12H25N3O. The number of carbonyl (C=O) groups excluding carboxylic acids is 1. The maximum absolute atomic E-state index is 11.8. The molecule has 1 fully saturated rings. The van der Waals surface area contributed by atoms with Crippen molar-refractivity contribution < 1.29 is 4.79 Å². The fraction of sp³-hybridized carbons (Fsp3) is 0.917. The largest absolute Gasteiger partial charge is 0.354 e. The van der Waals surface area contributed by atoms with Crippen LogP contribution >= 0.6 is 0 Å². The maximum Gasteiger partial charge on any atom is 0.224 e. The van der Waals surface area contributed by atoms with Crippen LogP contribution in [0.5, 0.6) is 0 Å². The molecule has 1 aliphatic carbocycles. The van der Waals surface area contributed by atoms with E-state index < -0.39 is 0 Å². The molecule has 0 radical (unpaired) electrons. The van der Waals surface area contributed by atoms with Gasteiger partial charge in [-0.15, -0.1) is 0 Å². The van der Waals surface area contributed by atoms with Crippen molar-refractivity contribution in [1.82, 2.24) is 10.2 Å². The van der Waals surface area contributed by atoms with E-state index in [-0.39, 0.29) is 23.4 Å². The second-order valence-corrected chi connectivity index (χ2v) is 5.34. The summed E-state index contributed by atoms with van der Waals surface area (Å²) in [4.78, 5) is 14.0. The quantitative estimate of drug-likeness (QED) is 0.722. The molecule has 2 atom stereocenters. The predicted molar refractivity (Wildman–Crippen MR) is 66.1 cm³/mol. The van der Waals surface area contributed by atoms with Gasteiger partial charge in [0.25, 0.3) is 0 Å². The van der Waals surface area contributed by atoms with Crippen LogP contribution in [0.3, 0.4) is 0 Å². The number of rotatable bonds is 5. The Labute approximate surface area is 98.6 Å². The number of nitrogens with zero attached hydrogens (tertiary/aromatic N) is 1. The summed E-state index contributed by atoms with van der Waals surface area (Å²) < 4.78 is 0. The van der Waals surface area contributed by atoms with Gasteiger partial charge in [0.2, 0.25) is 5.91 Å². The van der Waals surface area contributed by atoms with Gasteiger partial charge in [-0.25, -0.2) is 0 Å². The van der Waals surface area contributed by atoms with Gasteiger partial charge in [0, 0.05) is 24.0 Å². The molecule has 0 aromatic carbocycles. The van der Waals surface area contributed by atoms with Crippen LogP contribution in [-0.2, 0) is 4.79 Å². The summed E-state index contributed by atoms with van der Waals surface area (Å²) in [5.41, 5.74) is 5.90. The zero-order chi connectivity index (χ0) is 12.3. The second kappa shape index (κ2) is 5.15. The Bertz CT molecular complexity index is 247. The first kappa shape index (κ1) is 13.5. The predicted octanol–water partition coefficient (Wildman–Crippen LogP) is 0.570. The van der Waals surface area contributed by atoms with E-state index in [1.54, 1.807) is 0 Å². The van der Waals surface area contributed by atoms with E-state index in [2.05, 4.69) is 24.3 Å². The van der Waals surface area contributed by atoms with Gasteiger partial charge in [0.05, 0.1) is 0 Å². The normalized spacial score (nSPS) is 22.4. The molecular weight excluding hydrogens is 202 g/mol. The lowest BCUT2D eigenvalue weighted by Crippen LogP contribution is -2.58. The van der Waals surface area contributed by atoms with Crippen molar-refractivity contribution >= 4 is 5.91 Å². The minimum atomic E-state index is -0.112. The average Bonchev–Trinajstić information content (AvgIpc) is 2.13. The summed E-state index contributed by atoms with van der Waals surface area (Å²) in [6.07, 6.45) is 3.61. The van der Waals surface area contributed by atoms with E-state index in [1.807, 2.05) is 13.8 Å². The molecule has 3 N–H and O–H groups in total. The van der Waals surface area contributed by atoms with Crippen LogP contribution in [0.25, 0.3) is 0 Å². The first-order chi connectivity index (χ1) is 7.39. The Morgan fingerprint density at radius 3 is 2.31 bits per heavy atom. The van der Waals surface area contributed by atoms with E-state index in [1.165, 1.54) is 19.3 Å². The minimum Gasteiger partial charge on any atom is -0.354 e. The topological polar surface area (TPSA) is 58.4 Å². The van der Waals surface area contributed by atoms with Gasteiger partial charge >= 0.3 is 0 Å². The zero-order valence-corrected chi connectivity index (χ0v) is 10.9. The maximum atomic E-state index is 11.8. The number of nitrogens with two attached hydrogens (primary N) is 1. The fourth-order valence-corrected chi connectivity index (χ4v) is 2.02. The van der Waals surface area contributed by atoms with Crippen molar-refractivity contribution in [3.8, 4) is 0 Å². The summed E-state index contributed by atoms with van der Waals surface area (Å²) in [6, 6.07) is -0.0864. The smallest absolute Gasteiger partial charge is 0.224 e. The molecule has 0 saturated heterocycles. The molecule has 0 aromatic heterocycles. The Morgan fingerprint density at radius 2 is 2.00 bits per heavy atom. The summed E-state index contributed by atoms with van der Waals surface area (Å²) in [5.74, 6) is -0.0394. The first-order valence-corrected chi connectivity index (χ1v) is 6.10. The van der Waals surface area contributed by atoms with Crippen LogP contribution in [0.1, 0.15) is 33.1 Å². The highest BCUT2D eigenvalue weighted by atomic mass is 16.1. The van der Waals surface area contributed by atoms with E-state index in [9.17, 15) is 4.79 Å². The molecule has 0 bridgehead atoms. The van der Waals surface area contributed by atoms with E-state index in [4.69, 9.17) is 5.73 Å². The van der Waals surface area contributed by atoms with Gasteiger partial charge < -0.3 is 16.0 Å². The van der Waals surface area contributed by atoms with Gasteiger partial charge in [-0.1, -0.05) is 6.92 Å². The second-order valence-electron chi connectivity index (χ2n) is 5.34. The highest BCUT2D eigenvalue weighted by molar-refractivity contribution is 5.79. The fourth-order valence-electron chi connectivity index (χ4n) is 2.02. The van der Waals surface area contributed by atoms with E-state index in [0.717, 1.165) is 6.54 Å². The van der Waals surface area contributed by atoms with Crippen LogP contribution in [0.4, 0.5) is 0 Å². The highest BCUT2D eigenvalue weighted by Crippen LogP contribution is 2.35. The Balaban J connectivity index is 2.42. The third-order valence-corrected chi connectivity index (χ3v) is 4.03. The monoisotopic (exact) mass is 227 g/mol. The van der Waals surface area contributed by atoms with Crippen LogP contribution in [0.15, 0.2) is 0 Å². The molecule has 16 heavy (non-hydrogen) atoms. The summed E-state index contributed by atoms with van der Waals surface area (Å²) >= 11 is 0. The summed E-state index contributed by atoms with van der Waals surface area (Å²) in [7, 11) is 4.17. The summed E-state index contributed by atoms with van der Waals surface area (Å²) in [5, 5.41) is 3.03. The summed E-state index contributed by atoms with van der Waals surface area (Å²) in [6.45, 7) is 4.49. The van der Waals surface area contributed by atoms with Crippen molar-refractivity contribution in [1.29, 1.82) is 0 Å². The lowest BCUT2D eigenvalue weighted by Gasteiger charge is -2.47. The van der Waals surface area contributed by atoms with E-state index >= 15 is 0 Å². The van der Waals surface area contributed by atoms with E-state index in [0.29, 0.717) is 0 Å². The Morgan fingerprint density at radius 1 is 1.44 bits per heavy atom. The van der Waals surface area contributed by atoms with Gasteiger partial charge in [0.1, 0.15) is 0 Å². The number of amides is 1. The molecule has 2 unspecified atom stereocenters. The number of hydrogen-bond donors (Lipinski definition) is 2. The van der Waals surface area contributed by atoms with Crippen molar-refractivity contribution in [3.63, 3.8) is 0 Å².